The van der Waals surface area contributed by atoms with Crippen LogP contribution < -0.4 is 5.32 Å². The Morgan fingerprint density at radius 2 is 2.04 bits per heavy atom. The lowest BCUT2D eigenvalue weighted by atomic mass is 10.1. The van der Waals surface area contributed by atoms with Crippen molar-refractivity contribution in [1.29, 1.82) is 0 Å². The molecule has 1 amide bonds. The number of hydrogen-bond acceptors (Lipinski definition) is 2. The van der Waals surface area contributed by atoms with Crippen molar-refractivity contribution in [3.8, 4) is 0 Å². The number of carbonyl (C=O) groups is 1. The lowest BCUT2D eigenvalue weighted by molar-refractivity contribution is 0.0935. The molecule has 5 heteroatoms. The van der Waals surface area contributed by atoms with Crippen molar-refractivity contribution in [2.45, 2.75) is 40.2 Å². The molecule has 23 heavy (non-hydrogen) atoms. The second kappa shape index (κ2) is 5.91. The van der Waals surface area contributed by atoms with E-state index in [1.807, 2.05) is 39.0 Å². The molecule has 1 atom stereocenters. The molecule has 0 aliphatic rings. The van der Waals surface area contributed by atoms with Crippen LogP contribution in [0.4, 0.5) is 0 Å². The molecule has 5 nitrogen and oxygen atoms in total. The third-order valence-corrected chi connectivity index (χ3v) is 4.09. The van der Waals surface area contributed by atoms with Crippen LogP contribution in [-0.2, 0) is 6.42 Å². The van der Waals surface area contributed by atoms with E-state index in [4.69, 9.17) is 0 Å². The lowest BCUT2D eigenvalue weighted by Crippen LogP contribution is -2.34. The molecule has 0 aliphatic heterocycles. The van der Waals surface area contributed by atoms with E-state index < -0.39 is 0 Å². The summed E-state index contributed by atoms with van der Waals surface area (Å²) in [6.07, 6.45) is 0.703. The van der Waals surface area contributed by atoms with E-state index in [0.29, 0.717) is 12.1 Å². The van der Waals surface area contributed by atoms with Crippen LogP contribution in [0.2, 0.25) is 0 Å². The van der Waals surface area contributed by atoms with E-state index in [1.54, 1.807) is 0 Å². The Hall–Kier alpha value is -2.56. The Morgan fingerprint density at radius 1 is 1.26 bits per heavy atom. The number of hydrogen-bond donors (Lipinski definition) is 3. The van der Waals surface area contributed by atoms with Gasteiger partial charge >= 0.3 is 0 Å². The van der Waals surface area contributed by atoms with Gasteiger partial charge in [-0.3, -0.25) is 9.89 Å². The summed E-state index contributed by atoms with van der Waals surface area (Å²) in [5, 5.41) is 11.3. The monoisotopic (exact) mass is 310 g/mol. The quantitative estimate of drug-likeness (QED) is 0.692. The van der Waals surface area contributed by atoms with E-state index in [2.05, 4.69) is 33.5 Å². The molecule has 0 fully saturated rings. The number of fused-ring (bicyclic) bond motifs is 1. The first-order valence-electron chi connectivity index (χ1n) is 7.84. The van der Waals surface area contributed by atoms with Crippen molar-refractivity contribution in [3.05, 3.63) is 52.5 Å². The minimum atomic E-state index is -0.0730. The fraction of sp³-hybridized carbons (Fsp3) is 0.333. The summed E-state index contributed by atoms with van der Waals surface area (Å²) in [6.45, 7) is 7.99. The lowest BCUT2D eigenvalue weighted by Gasteiger charge is -2.12. The second-order valence-corrected chi connectivity index (χ2v) is 6.29. The van der Waals surface area contributed by atoms with Gasteiger partial charge in [-0.2, -0.15) is 5.10 Å². The number of H-pyrrole nitrogens is 2. The standard InChI is InChI=1S/C18H22N4O/c1-10-5-6-16-15(7-10)13(4)17(20-16)18(23)19-11(2)8-14-9-12(3)21-22-14/h5-7,9,11,20H,8H2,1-4H3,(H,19,23)(H,21,22). The van der Waals surface area contributed by atoms with Crippen LogP contribution in [-0.4, -0.2) is 27.1 Å². The highest BCUT2D eigenvalue weighted by Crippen LogP contribution is 2.22. The summed E-state index contributed by atoms with van der Waals surface area (Å²) in [5.74, 6) is -0.0730. The SMILES string of the molecule is Cc1ccc2[nH]c(C(=O)NC(C)Cc3cc(C)[nH]n3)c(C)c2c1. The van der Waals surface area contributed by atoms with Crippen LogP contribution in [0.3, 0.4) is 0 Å². The summed E-state index contributed by atoms with van der Waals surface area (Å²) in [5.41, 5.74) is 5.79. The fourth-order valence-corrected chi connectivity index (χ4v) is 2.91. The predicted octanol–water partition coefficient (Wildman–Crippen LogP) is 3.18. The highest BCUT2D eigenvalue weighted by atomic mass is 16.1. The van der Waals surface area contributed by atoms with Gasteiger partial charge in [0.05, 0.1) is 5.69 Å². The van der Waals surface area contributed by atoms with E-state index in [-0.39, 0.29) is 11.9 Å². The molecule has 3 N–H and O–H groups in total. The van der Waals surface area contributed by atoms with Gasteiger partial charge in [-0.1, -0.05) is 11.6 Å². The zero-order valence-electron chi connectivity index (χ0n) is 13.9. The van der Waals surface area contributed by atoms with Crippen LogP contribution in [0.1, 0.15) is 39.9 Å². The van der Waals surface area contributed by atoms with E-state index in [0.717, 1.165) is 27.9 Å². The van der Waals surface area contributed by atoms with Gasteiger partial charge in [0.25, 0.3) is 5.91 Å². The van der Waals surface area contributed by atoms with E-state index in [1.165, 1.54) is 5.56 Å². The maximum atomic E-state index is 12.6. The van der Waals surface area contributed by atoms with Gasteiger partial charge < -0.3 is 10.3 Å². The van der Waals surface area contributed by atoms with Crippen LogP contribution in [0.25, 0.3) is 10.9 Å². The fourth-order valence-electron chi connectivity index (χ4n) is 2.91. The Labute approximate surface area is 135 Å². The van der Waals surface area contributed by atoms with Crippen molar-refractivity contribution < 1.29 is 4.79 Å². The maximum Gasteiger partial charge on any atom is 0.268 e. The number of aromatic nitrogens is 3. The molecule has 0 saturated heterocycles. The van der Waals surface area contributed by atoms with Crippen molar-refractivity contribution in [1.82, 2.24) is 20.5 Å². The van der Waals surface area contributed by atoms with Gasteiger partial charge in [0.1, 0.15) is 5.69 Å². The van der Waals surface area contributed by atoms with Gasteiger partial charge in [0.15, 0.2) is 0 Å². The smallest absolute Gasteiger partial charge is 0.268 e. The van der Waals surface area contributed by atoms with E-state index >= 15 is 0 Å². The van der Waals surface area contributed by atoms with Crippen molar-refractivity contribution >= 4 is 16.8 Å². The van der Waals surface area contributed by atoms with Crippen LogP contribution in [0.5, 0.6) is 0 Å². The van der Waals surface area contributed by atoms with Crippen LogP contribution in [0, 0.1) is 20.8 Å². The van der Waals surface area contributed by atoms with Crippen molar-refractivity contribution in [2.24, 2.45) is 0 Å². The summed E-state index contributed by atoms with van der Waals surface area (Å²) in [4.78, 5) is 15.8. The van der Waals surface area contributed by atoms with Gasteiger partial charge in [0.2, 0.25) is 0 Å². The number of aryl methyl sites for hydroxylation is 3. The Balaban J connectivity index is 1.76. The highest BCUT2D eigenvalue weighted by Gasteiger charge is 2.17. The summed E-state index contributed by atoms with van der Waals surface area (Å²) in [6, 6.07) is 8.18. The number of nitrogens with zero attached hydrogens (tertiary/aromatic N) is 1. The van der Waals surface area contributed by atoms with Gasteiger partial charge in [0, 0.05) is 29.1 Å². The number of aromatic amines is 2. The Bertz CT molecular complexity index is 859. The molecule has 2 heterocycles. The largest absolute Gasteiger partial charge is 0.350 e. The zero-order chi connectivity index (χ0) is 16.6. The van der Waals surface area contributed by atoms with Gasteiger partial charge in [-0.05, 0) is 51.5 Å². The molecule has 1 unspecified atom stereocenters. The molecule has 3 rings (SSSR count). The summed E-state index contributed by atoms with van der Waals surface area (Å²) >= 11 is 0. The number of benzene rings is 1. The number of rotatable bonds is 4. The Morgan fingerprint density at radius 3 is 2.74 bits per heavy atom. The zero-order valence-corrected chi connectivity index (χ0v) is 13.9. The molecule has 0 bridgehead atoms. The molecular weight excluding hydrogens is 288 g/mol. The van der Waals surface area contributed by atoms with Gasteiger partial charge in [-0.25, -0.2) is 0 Å². The van der Waals surface area contributed by atoms with Gasteiger partial charge in [-0.15, -0.1) is 0 Å². The third-order valence-electron chi connectivity index (χ3n) is 4.09. The summed E-state index contributed by atoms with van der Waals surface area (Å²) in [7, 11) is 0. The third kappa shape index (κ3) is 3.13. The molecule has 2 aromatic heterocycles. The molecule has 1 aromatic carbocycles. The molecule has 120 valence electrons. The summed E-state index contributed by atoms with van der Waals surface area (Å²) < 4.78 is 0. The van der Waals surface area contributed by atoms with Crippen molar-refractivity contribution in [2.75, 3.05) is 0 Å². The first-order valence-corrected chi connectivity index (χ1v) is 7.84. The van der Waals surface area contributed by atoms with Crippen molar-refractivity contribution in [3.63, 3.8) is 0 Å². The first kappa shape index (κ1) is 15.3. The molecule has 0 aliphatic carbocycles. The number of carbonyl (C=O) groups excluding carboxylic acids is 1. The van der Waals surface area contributed by atoms with Crippen LogP contribution in [0.15, 0.2) is 24.3 Å². The minimum Gasteiger partial charge on any atom is -0.350 e. The number of nitrogens with one attached hydrogen (secondary N) is 3. The first-order chi connectivity index (χ1) is 10.9. The Kier molecular flexibility index (Phi) is 3.94. The molecule has 0 spiro atoms. The average Bonchev–Trinajstić information content (AvgIpc) is 3.03. The second-order valence-electron chi connectivity index (χ2n) is 6.29. The van der Waals surface area contributed by atoms with Crippen LogP contribution >= 0.6 is 0 Å². The maximum absolute atomic E-state index is 12.6. The highest BCUT2D eigenvalue weighted by molar-refractivity contribution is 6.01. The topological polar surface area (TPSA) is 73.6 Å². The predicted molar refractivity (Wildman–Crippen MR) is 91.7 cm³/mol. The van der Waals surface area contributed by atoms with E-state index in [9.17, 15) is 4.79 Å². The minimum absolute atomic E-state index is 0.0118. The molecule has 0 radical (unpaired) electrons. The molecule has 3 aromatic rings. The number of amides is 1. The normalized spacial score (nSPS) is 12.5. The average molecular weight is 310 g/mol. The molecule has 0 saturated carbocycles. The molecular formula is C18H22N4O.